The van der Waals surface area contributed by atoms with Crippen molar-refractivity contribution in [2.24, 2.45) is 0 Å². The van der Waals surface area contributed by atoms with Crippen molar-refractivity contribution in [3.63, 3.8) is 0 Å². The third kappa shape index (κ3) is 5.82. The van der Waals surface area contributed by atoms with E-state index in [-0.39, 0.29) is 11.7 Å². The van der Waals surface area contributed by atoms with Crippen molar-refractivity contribution in [2.75, 3.05) is 11.1 Å². The largest absolute Gasteiger partial charge is 0.506 e. The summed E-state index contributed by atoms with van der Waals surface area (Å²) in [5.41, 5.74) is 1.82. The van der Waals surface area contributed by atoms with Crippen LogP contribution in [0.2, 0.25) is 0 Å². The molecule has 0 atom stereocenters. The van der Waals surface area contributed by atoms with E-state index in [0.717, 1.165) is 24.3 Å². The third-order valence-corrected chi connectivity index (χ3v) is 4.35. The molecule has 1 amide bonds. The number of hydrogen-bond donors (Lipinski definition) is 2. The number of rotatable bonds is 8. The van der Waals surface area contributed by atoms with Crippen molar-refractivity contribution in [1.82, 2.24) is 0 Å². The second kappa shape index (κ2) is 9.15. The van der Waals surface area contributed by atoms with E-state index >= 15 is 0 Å². The molecule has 0 aromatic heterocycles. The van der Waals surface area contributed by atoms with Crippen LogP contribution in [0.4, 0.5) is 5.69 Å². The summed E-state index contributed by atoms with van der Waals surface area (Å²) in [5, 5.41) is 12.3. The van der Waals surface area contributed by atoms with Gasteiger partial charge in [0.2, 0.25) is 5.91 Å². The van der Waals surface area contributed by atoms with Crippen LogP contribution in [0.5, 0.6) is 5.75 Å². The summed E-state index contributed by atoms with van der Waals surface area (Å²) in [7, 11) is 0. The first-order valence-electron chi connectivity index (χ1n) is 7.45. The van der Waals surface area contributed by atoms with Gasteiger partial charge in [-0.15, -0.1) is 0 Å². The standard InChI is InChI=1S/C18H21NO2S/c20-17-11-5-4-10-16(17)19-18(21)12-6-7-13-22-14-15-8-2-1-3-9-15/h1-5,8-11,20H,6-7,12-14H2,(H,19,21). The van der Waals surface area contributed by atoms with Gasteiger partial charge in [0.15, 0.2) is 0 Å². The quantitative estimate of drug-likeness (QED) is 0.559. The summed E-state index contributed by atoms with van der Waals surface area (Å²) < 4.78 is 0. The average molecular weight is 315 g/mol. The maximum absolute atomic E-state index is 11.8. The summed E-state index contributed by atoms with van der Waals surface area (Å²) in [5.74, 6) is 2.13. The summed E-state index contributed by atoms with van der Waals surface area (Å²) in [6.45, 7) is 0. The van der Waals surface area contributed by atoms with Gasteiger partial charge in [0.05, 0.1) is 5.69 Å². The molecule has 0 bridgehead atoms. The fourth-order valence-corrected chi connectivity index (χ4v) is 3.03. The van der Waals surface area contributed by atoms with E-state index < -0.39 is 0 Å². The van der Waals surface area contributed by atoms with Crippen molar-refractivity contribution >= 4 is 23.4 Å². The summed E-state index contributed by atoms with van der Waals surface area (Å²) in [4.78, 5) is 11.8. The molecule has 2 rings (SSSR count). The van der Waals surface area contributed by atoms with Crippen LogP contribution in [0.15, 0.2) is 54.6 Å². The number of aromatic hydroxyl groups is 1. The van der Waals surface area contributed by atoms with E-state index in [1.807, 2.05) is 17.8 Å². The lowest BCUT2D eigenvalue weighted by Gasteiger charge is -2.07. The molecule has 4 heteroatoms. The monoisotopic (exact) mass is 315 g/mol. The van der Waals surface area contributed by atoms with Gasteiger partial charge in [-0.3, -0.25) is 4.79 Å². The fourth-order valence-electron chi connectivity index (χ4n) is 2.05. The molecule has 0 radical (unpaired) electrons. The van der Waals surface area contributed by atoms with Gasteiger partial charge in [0.1, 0.15) is 5.75 Å². The van der Waals surface area contributed by atoms with E-state index in [9.17, 15) is 9.90 Å². The Labute approximate surface area is 135 Å². The zero-order chi connectivity index (χ0) is 15.6. The lowest BCUT2D eigenvalue weighted by atomic mass is 10.2. The molecule has 0 aliphatic carbocycles. The van der Waals surface area contributed by atoms with Gasteiger partial charge in [-0.2, -0.15) is 11.8 Å². The normalized spacial score (nSPS) is 10.4. The van der Waals surface area contributed by atoms with Gasteiger partial charge in [-0.25, -0.2) is 0 Å². The Balaban J connectivity index is 1.57. The highest BCUT2D eigenvalue weighted by atomic mass is 32.2. The number of benzene rings is 2. The number of phenols is 1. The van der Waals surface area contributed by atoms with Crippen molar-refractivity contribution < 1.29 is 9.90 Å². The number of carbonyl (C=O) groups is 1. The third-order valence-electron chi connectivity index (χ3n) is 3.23. The van der Waals surface area contributed by atoms with E-state index in [2.05, 4.69) is 29.6 Å². The molecule has 0 saturated heterocycles. The lowest BCUT2D eigenvalue weighted by molar-refractivity contribution is -0.116. The molecule has 0 aliphatic heterocycles. The van der Waals surface area contributed by atoms with Gasteiger partial charge >= 0.3 is 0 Å². The molecule has 2 aromatic carbocycles. The fraction of sp³-hybridized carbons (Fsp3) is 0.278. The number of phenolic OH excluding ortho intramolecular Hbond substituents is 1. The maximum atomic E-state index is 11.8. The molecule has 2 N–H and O–H groups in total. The Hall–Kier alpha value is -1.94. The summed E-state index contributed by atoms with van der Waals surface area (Å²) >= 11 is 1.89. The SMILES string of the molecule is O=C(CCCCSCc1ccccc1)Nc1ccccc1O. The minimum Gasteiger partial charge on any atom is -0.506 e. The van der Waals surface area contributed by atoms with E-state index in [0.29, 0.717) is 12.1 Å². The molecule has 0 fully saturated rings. The van der Waals surface area contributed by atoms with Gasteiger partial charge < -0.3 is 10.4 Å². The zero-order valence-electron chi connectivity index (χ0n) is 12.5. The van der Waals surface area contributed by atoms with Crippen LogP contribution >= 0.6 is 11.8 Å². The smallest absolute Gasteiger partial charge is 0.224 e. The van der Waals surface area contributed by atoms with Gasteiger partial charge in [0, 0.05) is 12.2 Å². The van der Waals surface area contributed by atoms with Gasteiger partial charge in [-0.05, 0) is 36.3 Å². The summed E-state index contributed by atoms with van der Waals surface area (Å²) in [6, 6.07) is 17.2. The first-order valence-corrected chi connectivity index (χ1v) is 8.60. The van der Waals surface area contributed by atoms with Crippen LogP contribution in [0.25, 0.3) is 0 Å². The lowest BCUT2D eigenvalue weighted by Crippen LogP contribution is -2.11. The number of thioether (sulfide) groups is 1. The van der Waals surface area contributed by atoms with Crippen LogP contribution in [0, 0.1) is 0 Å². The van der Waals surface area contributed by atoms with Crippen LogP contribution in [-0.4, -0.2) is 16.8 Å². The van der Waals surface area contributed by atoms with Gasteiger partial charge in [0.25, 0.3) is 0 Å². The molecule has 0 aliphatic rings. The Morgan fingerprint density at radius 2 is 1.73 bits per heavy atom. The molecule has 2 aromatic rings. The van der Waals surface area contributed by atoms with Crippen LogP contribution in [-0.2, 0) is 10.5 Å². The highest BCUT2D eigenvalue weighted by molar-refractivity contribution is 7.98. The molecule has 0 unspecified atom stereocenters. The van der Waals surface area contributed by atoms with Crippen molar-refractivity contribution in [1.29, 1.82) is 0 Å². The number of amides is 1. The molecule has 116 valence electrons. The minimum atomic E-state index is -0.0467. The average Bonchev–Trinajstić information content (AvgIpc) is 2.54. The van der Waals surface area contributed by atoms with E-state index in [4.69, 9.17) is 0 Å². The first kappa shape index (κ1) is 16.4. The number of hydrogen-bond acceptors (Lipinski definition) is 3. The Bertz CT molecular complexity index is 587. The molecule has 3 nitrogen and oxygen atoms in total. The van der Waals surface area contributed by atoms with Crippen molar-refractivity contribution in [2.45, 2.75) is 25.0 Å². The van der Waals surface area contributed by atoms with Crippen LogP contribution in [0.3, 0.4) is 0 Å². The predicted molar refractivity (Wildman–Crippen MR) is 93.2 cm³/mol. The number of para-hydroxylation sites is 2. The Morgan fingerprint density at radius 1 is 1.00 bits per heavy atom. The first-order chi connectivity index (χ1) is 10.8. The highest BCUT2D eigenvalue weighted by Gasteiger charge is 2.05. The molecule has 22 heavy (non-hydrogen) atoms. The van der Waals surface area contributed by atoms with E-state index in [1.165, 1.54) is 5.56 Å². The van der Waals surface area contributed by atoms with E-state index in [1.54, 1.807) is 24.3 Å². The number of nitrogens with one attached hydrogen (secondary N) is 1. The minimum absolute atomic E-state index is 0.0467. The highest BCUT2D eigenvalue weighted by Crippen LogP contribution is 2.21. The second-order valence-corrected chi connectivity index (χ2v) is 6.17. The number of carbonyl (C=O) groups excluding carboxylic acids is 1. The van der Waals surface area contributed by atoms with Crippen molar-refractivity contribution in [3.05, 3.63) is 60.2 Å². The zero-order valence-corrected chi connectivity index (χ0v) is 13.3. The molecular formula is C18H21NO2S. The Morgan fingerprint density at radius 3 is 2.50 bits per heavy atom. The maximum Gasteiger partial charge on any atom is 0.224 e. The molecule has 0 saturated carbocycles. The second-order valence-electron chi connectivity index (χ2n) is 5.06. The van der Waals surface area contributed by atoms with Crippen LogP contribution < -0.4 is 5.32 Å². The number of unbranched alkanes of at least 4 members (excludes halogenated alkanes) is 1. The van der Waals surface area contributed by atoms with Crippen LogP contribution in [0.1, 0.15) is 24.8 Å². The number of anilines is 1. The molecule has 0 spiro atoms. The summed E-state index contributed by atoms with van der Waals surface area (Å²) in [6.07, 6.45) is 2.37. The Kier molecular flexibility index (Phi) is 6.84. The molecular weight excluding hydrogens is 294 g/mol. The predicted octanol–water partition coefficient (Wildman–Crippen LogP) is 4.43. The molecule has 0 heterocycles. The topological polar surface area (TPSA) is 49.3 Å². The van der Waals surface area contributed by atoms with Gasteiger partial charge in [-0.1, -0.05) is 42.5 Å². The van der Waals surface area contributed by atoms with Crippen molar-refractivity contribution in [3.8, 4) is 5.75 Å².